The molecule has 15 heavy (non-hydrogen) atoms. The fraction of sp³-hybridized carbons (Fsp3) is 0.733. The fourth-order valence-electron chi connectivity index (χ4n) is 1.17. The van der Waals surface area contributed by atoms with Crippen molar-refractivity contribution in [3.63, 3.8) is 0 Å². The predicted octanol–water partition coefficient (Wildman–Crippen LogP) is 5.90. The molecule has 0 nitrogen and oxygen atoms in total. The largest absolute Gasteiger partial charge is 0.103 e. The highest BCUT2D eigenvalue weighted by atomic mass is 13.9. The third kappa shape index (κ3) is 24.7. The molecule has 0 radical (unpaired) electrons. The molecular formula is C15H30. The highest BCUT2D eigenvalue weighted by molar-refractivity contribution is 4.78. The van der Waals surface area contributed by atoms with Gasteiger partial charge in [-0.1, -0.05) is 64.7 Å². The first kappa shape index (κ1) is 16.9. The zero-order chi connectivity index (χ0) is 11.8. The number of allylic oxidation sites excluding steroid dienone is 3. The lowest BCUT2D eigenvalue weighted by Crippen LogP contribution is -1.71. The normalized spacial score (nSPS) is 9.80. The van der Waals surface area contributed by atoms with E-state index in [0.717, 1.165) is 0 Å². The van der Waals surface area contributed by atoms with Crippen molar-refractivity contribution in [2.45, 2.75) is 72.1 Å². The van der Waals surface area contributed by atoms with E-state index in [4.69, 9.17) is 0 Å². The van der Waals surface area contributed by atoms with Gasteiger partial charge in [0, 0.05) is 0 Å². The van der Waals surface area contributed by atoms with E-state index >= 15 is 0 Å². The molecule has 0 aromatic carbocycles. The van der Waals surface area contributed by atoms with Gasteiger partial charge in [0.25, 0.3) is 0 Å². The molecule has 0 atom stereocenters. The monoisotopic (exact) mass is 210 g/mol. The maximum Gasteiger partial charge on any atom is -0.0353 e. The Kier molecular flexibility index (Phi) is 21.5. The van der Waals surface area contributed by atoms with E-state index in [1.54, 1.807) is 0 Å². The summed E-state index contributed by atoms with van der Waals surface area (Å²) >= 11 is 0. The lowest BCUT2D eigenvalue weighted by atomic mass is 10.2. The Bertz CT molecular complexity index is 122. The Labute approximate surface area is 97.5 Å². The molecule has 0 rings (SSSR count). The molecule has 0 aromatic rings. The summed E-state index contributed by atoms with van der Waals surface area (Å²) < 4.78 is 0. The molecule has 90 valence electrons. The minimum absolute atomic E-state index is 1.18. The molecule has 0 heterocycles. The molecule has 0 fully saturated rings. The Morgan fingerprint density at radius 3 is 2.00 bits per heavy atom. The topological polar surface area (TPSA) is 0 Å². The number of unbranched alkanes of at least 4 members (excludes halogenated alkanes) is 5. The molecule has 0 unspecified atom stereocenters. The minimum Gasteiger partial charge on any atom is -0.103 e. The third-order valence-corrected chi connectivity index (χ3v) is 2.12. The van der Waals surface area contributed by atoms with E-state index in [2.05, 4.69) is 39.5 Å². The van der Waals surface area contributed by atoms with Crippen molar-refractivity contribution in [3.05, 3.63) is 24.8 Å². The maximum atomic E-state index is 3.66. The van der Waals surface area contributed by atoms with Crippen LogP contribution in [0.25, 0.3) is 0 Å². The second-order valence-corrected chi connectivity index (χ2v) is 3.81. The predicted molar refractivity (Wildman–Crippen MR) is 73.3 cm³/mol. The summed E-state index contributed by atoms with van der Waals surface area (Å²) in [5, 5.41) is 0. The van der Waals surface area contributed by atoms with Gasteiger partial charge in [-0.25, -0.2) is 0 Å². The first-order valence-electron chi connectivity index (χ1n) is 6.59. The summed E-state index contributed by atoms with van der Waals surface area (Å²) in [6.45, 7) is 10.2. The SMILES string of the molecule is C=CCCCCCC.CCC=CCCC. The highest BCUT2D eigenvalue weighted by Crippen LogP contribution is 2.01. The quantitative estimate of drug-likeness (QED) is 0.346. The Morgan fingerprint density at radius 2 is 1.53 bits per heavy atom. The average Bonchev–Trinajstić information content (AvgIpc) is 2.26. The smallest absolute Gasteiger partial charge is 0.0353 e. The van der Waals surface area contributed by atoms with Crippen molar-refractivity contribution in [3.8, 4) is 0 Å². The molecule has 0 heteroatoms. The Morgan fingerprint density at radius 1 is 0.800 bits per heavy atom. The third-order valence-electron chi connectivity index (χ3n) is 2.12. The van der Waals surface area contributed by atoms with Gasteiger partial charge in [0.05, 0.1) is 0 Å². The van der Waals surface area contributed by atoms with Gasteiger partial charge in [0.15, 0.2) is 0 Å². The van der Waals surface area contributed by atoms with E-state index < -0.39 is 0 Å². The molecule has 0 saturated heterocycles. The van der Waals surface area contributed by atoms with Crippen LogP contribution < -0.4 is 0 Å². The summed E-state index contributed by atoms with van der Waals surface area (Å²) in [7, 11) is 0. The van der Waals surface area contributed by atoms with Gasteiger partial charge in [-0.3, -0.25) is 0 Å². The van der Waals surface area contributed by atoms with Crippen molar-refractivity contribution in [1.29, 1.82) is 0 Å². The van der Waals surface area contributed by atoms with E-state index in [1.165, 1.54) is 51.4 Å². The zero-order valence-corrected chi connectivity index (χ0v) is 11.1. The molecule has 0 N–H and O–H groups in total. The molecule has 0 saturated carbocycles. The van der Waals surface area contributed by atoms with Gasteiger partial charge in [0.2, 0.25) is 0 Å². The van der Waals surface area contributed by atoms with Crippen molar-refractivity contribution in [2.24, 2.45) is 0 Å². The molecule has 0 spiro atoms. The maximum absolute atomic E-state index is 3.66. The van der Waals surface area contributed by atoms with Crippen molar-refractivity contribution >= 4 is 0 Å². The standard InChI is InChI=1S/C8H16.C7H14/c1-3-5-7-8-6-4-2;1-3-5-7-6-4-2/h3H,1,4-8H2,2H3;5,7H,3-4,6H2,1-2H3. The van der Waals surface area contributed by atoms with Crippen LogP contribution in [0.3, 0.4) is 0 Å². The molecular weight excluding hydrogens is 180 g/mol. The Hall–Kier alpha value is -0.520. The van der Waals surface area contributed by atoms with Crippen LogP contribution in [0.15, 0.2) is 24.8 Å². The number of hydrogen-bond donors (Lipinski definition) is 0. The lowest BCUT2D eigenvalue weighted by molar-refractivity contribution is 0.675. The molecule has 0 bridgehead atoms. The second-order valence-electron chi connectivity index (χ2n) is 3.81. The fourth-order valence-corrected chi connectivity index (χ4v) is 1.17. The van der Waals surface area contributed by atoms with E-state index in [1.807, 2.05) is 6.08 Å². The van der Waals surface area contributed by atoms with Gasteiger partial charge in [-0.2, -0.15) is 0 Å². The highest BCUT2D eigenvalue weighted by Gasteiger charge is 1.81. The average molecular weight is 210 g/mol. The van der Waals surface area contributed by atoms with Crippen LogP contribution >= 0.6 is 0 Å². The van der Waals surface area contributed by atoms with Gasteiger partial charge < -0.3 is 0 Å². The molecule has 0 aliphatic rings. The van der Waals surface area contributed by atoms with Crippen LogP contribution in [0.2, 0.25) is 0 Å². The van der Waals surface area contributed by atoms with Crippen LogP contribution in [0, 0.1) is 0 Å². The van der Waals surface area contributed by atoms with Gasteiger partial charge >= 0.3 is 0 Å². The summed E-state index contributed by atoms with van der Waals surface area (Å²) in [5.74, 6) is 0. The van der Waals surface area contributed by atoms with Crippen molar-refractivity contribution in [1.82, 2.24) is 0 Å². The molecule has 0 amide bonds. The second kappa shape index (κ2) is 19.1. The summed E-state index contributed by atoms with van der Waals surface area (Å²) in [6, 6.07) is 0. The number of rotatable bonds is 8. The first-order chi connectivity index (χ1) is 7.33. The van der Waals surface area contributed by atoms with Gasteiger partial charge in [-0.05, 0) is 25.7 Å². The van der Waals surface area contributed by atoms with Crippen LogP contribution in [0.5, 0.6) is 0 Å². The Balaban J connectivity index is 0. The minimum atomic E-state index is 1.18. The van der Waals surface area contributed by atoms with Crippen LogP contribution in [0.1, 0.15) is 72.1 Å². The molecule has 0 aliphatic heterocycles. The van der Waals surface area contributed by atoms with Crippen LogP contribution in [-0.2, 0) is 0 Å². The van der Waals surface area contributed by atoms with Crippen LogP contribution in [-0.4, -0.2) is 0 Å². The van der Waals surface area contributed by atoms with E-state index in [0.29, 0.717) is 0 Å². The summed E-state index contributed by atoms with van der Waals surface area (Å²) in [5.41, 5.74) is 0. The number of hydrogen-bond acceptors (Lipinski definition) is 0. The first-order valence-corrected chi connectivity index (χ1v) is 6.59. The van der Waals surface area contributed by atoms with Gasteiger partial charge in [0.1, 0.15) is 0 Å². The lowest BCUT2D eigenvalue weighted by Gasteiger charge is -1.91. The molecule has 0 aromatic heterocycles. The van der Waals surface area contributed by atoms with Crippen LogP contribution in [0.4, 0.5) is 0 Å². The van der Waals surface area contributed by atoms with Gasteiger partial charge in [-0.15, -0.1) is 6.58 Å². The summed E-state index contributed by atoms with van der Waals surface area (Å²) in [4.78, 5) is 0. The zero-order valence-electron chi connectivity index (χ0n) is 11.1. The van der Waals surface area contributed by atoms with Crippen molar-refractivity contribution < 1.29 is 0 Å². The molecule has 0 aliphatic carbocycles. The van der Waals surface area contributed by atoms with Crippen molar-refractivity contribution in [2.75, 3.05) is 0 Å². The van der Waals surface area contributed by atoms with E-state index in [9.17, 15) is 0 Å². The van der Waals surface area contributed by atoms with E-state index in [-0.39, 0.29) is 0 Å². The summed E-state index contributed by atoms with van der Waals surface area (Å²) in [6.07, 6.45) is 16.8.